The Bertz CT molecular complexity index is 492. The van der Waals surface area contributed by atoms with Crippen molar-refractivity contribution in [3.05, 3.63) is 24.0 Å². The van der Waals surface area contributed by atoms with Gasteiger partial charge in [0, 0.05) is 31.9 Å². The maximum Gasteiger partial charge on any atom is 0.186 e. The number of ether oxygens (including phenoxy) is 2. The number of carbonyl (C=O) groups is 1. The number of hydrogen-bond donors (Lipinski definition) is 1. The summed E-state index contributed by atoms with van der Waals surface area (Å²) in [5, 5.41) is 0. The van der Waals surface area contributed by atoms with Gasteiger partial charge in [0.15, 0.2) is 5.78 Å². The fourth-order valence-corrected chi connectivity index (χ4v) is 3.16. The van der Waals surface area contributed by atoms with E-state index in [0.29, 0.717) is 31.2 Å². The average Bonchev–Trinajstić information content (AvgIpc) is 2.48. The summed E-state index contributed by atoms with van der Waals surface area (Å²) in [7, 11) is 0. The minimum atomic E-state index is -0.180. The normalized spacial score (nSPS) is 25.5. The molecular formula is C15H20N2O3. The number of nitrogens with two attached hydrogens (primary N) is 1. The maximum absolute atomic E-state index is 12.6. The van der Waals surface area contributed by atoms with E-state index >= 15 is 0 Å². The number of nitrogen functional groups attached to an aromatic ring is 1. The third kappa shape index (κ3) is 2.55. The number of carbonyl (C=O) groups excluding carboxylic acids is 1. The van der Waals surface area contributed by atoms with E-state index in [4.69, 9.17) is 15.2 Å². The van der Waals surface area contributed by atoms with E-state index in [1.54, 1.807) is 18.3 Å². The number of hydrogen-bond acceptors (Lipinski definition) is 5. The van der Waals surface area contributed by atoms with Crippen LogP contribution in [0, 0.1) is 5.92 Å². The Morgan fingerprint density at radius 1 is 1.35 bits per heavy atom. The molecule has 0 bridgehead atoms. The second-order valence-electron chi connectivity index (χ2n) is 5.64. The Morgan fingerprint density at radius 3 is 2.90 bits per heavy atom. The minimum Gasteiger partial charge on any atom is -0.397 e. The molecule has 0 radical (unpaired) electrons. The van der Waals surface area contributed by atoms with Gasteiger partial charge in [0.2, 0.25) is 0 Å². The predicted molar refractivity (Wildman–Crippen MR) is 74.4 cm³/mol. The zero-order valence-electron chi connectivity index (χ0n) is 11.5. The summed E-state index contributed by atoms with van der Waals surface area (Å²) in [5.41, 5.74) is 6.55. The highest BCUT2D eigenvalue weighted by Gasteiger charge is 2.41. The number of Topliss-reactive ketones (excluding diaryl/α,β-unsaturated/α-hetero) is 1. The first kappa shape index (κ1) is 13.5. The molecule has 1 spiro atoms. The largest absolute Gasteiger partial charge is 0.397 e. The number of nitrogens with zero attached hydrogens (tertiary/aromatic N) is 1. The van der Waals surface area contributed by atoms with Gasteiger partial charge in [-0.2, -0.15) is 0 Å². The number of ketones is 1. The molecular weight excluding hydrogens is 256 g/mol. The van der Waals surface area contributed by atoms with Gasteiger partial charge < -0.3 is 15.2 Å². The smallest absolute Gasteiger partial charge is 0.186 e. The van der Waals surface area contributed by atoms with Crippen LogP contribution < -0.4 is 5.73 Å². The van der Waals surface area contributed by atoms with Crippen LogP contribution in [0.1, 0.15) is 36.2 Å². The van der Waals surface area contributed by atoms with E-state index < -0.39 is 0 Å². The topological polar surface area (TPSA) is 74.4 Å². The van der Waals surface area contributed by atoms with Gasteiger partial charge in [-0.15, -0.1) is 0 Å². The molecule has 2 aliphatic heterocycles. The highest BCUT2D eigenvalue weighted by Crippen LogP contribution is 2.38. The molecule has 1 aromatic rings. The van der Waals surface area contributed by atoms with E-state index in [2.05, 4.69) is 4.98 Å². The second-order valence-corrected chi connectivity index (χ2v) is 5.64. The third-order valence-electron chi connectivity index (χ3n) is 4.34. The van der Waals surface area contributed by atoms with E-state index in [-0.39, 0.29) is 17.3 Å². The van der Waals surface area contributed by atoms with Crippen LogP contribution in [-0.2, 0) is 9.47 Å². The lowest BCUT2D eigenvalue weighted by Crippen LogP contribution is -2.46. The van der Waals surface area contributed by atoms with Crippen LogP contribution >= 0.6 is 0 Å². The van der Waals surface area contributed by atoms with Crippen LogP contribution in [0.4, 0.5) is 5.69 Å². The van der Waals surface area contributed by atoms with Crippen LogP contribution in [0.2, 0.25) is 0 Å². The first-order valence-corrected chi connectivity index (χ1v) is 7.17. The van der Waals surface area contributed by atoms with Crippen molar-refractivity contribution < 1.29 is 14.3 Å². The zero-order valence-corrected chi connectivity index (χ0v) is 11.5. The number of pyridine rings is 1. The van der Waals surface area contributed by atoms with Crippen LogP contribution in [0.25, 0.3) is 0 Å². The molecule has 1 atom stereocenters. The lowest BCUT2D eigenvalue weighted by molar-refractivity contribution is -0.142. The predicted octanol–water partition coefficient (Wildman–Crippen LogP) is 1.82. The molecule has 2 fully saturated rings. The van der Waals surface area contributed by atoms with Crippen molar-refractivity contribution in [2.75, 3.05) is 25.6 Å². The first-order valence-electron chi connectivity index (χ1n) is 7.17. The van der Waals surface area contributed by atoms with Gasteiger partial charge in [0.05, 0.1) is 11.3 Å². The van der Waals surface area contributed by atoms with Crippen molar-refractivity contribution in [1.82, 2.24) is 4.98 Å². The first-order chi connectivity index (χ1) is 9.70. The Hall–Kier alpha value is -1.46. The standard InChI is InChI=1S/C15H20N2O3/c16-12-2-1-6-17-13(12)14(18)11-3-7-20-15(10-11)4-8-19-9-5-15/h1-2,6,11H,3-5,7-10,16H2. The molecule has 3 rings (SSSR count). The van der Waals surface area contributed by atoms with Gasteiger partial charge in [-0.3, -0.25) is 9.78 Å². The summed E-state index contributed by atoms with van der Waals surface area (Å²) >= 11 is 0. The van der Waals surface area contributed by atoms with Crippen molar-refractivity contribution in [1.29, 1.82) is 0 Å². The van der Waals surface area contributed by atoms with Gasteiger partial charge in [0.1, 0.15) is 5.69 Å². The molecule has 0 saturated carbocycles. The maximum atomic E-state index is 12.6. The monoisotopic (exact) mass is 276 g/mol. The molecule has 2 aliphatic rings. The molecule has 1 aromatic heterocycles. The quantitative estimate of drug-likeness (QED) is 0.834. The highest BCUT2D eigenvalue weighted by molar-refractivity contribution is 6.00. The summed E-state index contributed by atoms with van der Waals surface area (Å²) in [5.74, 6) is 0.0105. The van der Waals surface area contributed by atoms with Crippen molar-refractivity contribution in [2.45, 2.75) is 31.3 Å². The molecule has 108 valence electrons. The molecule has 2 saturated heterocycles. The Labute approximate surface area is 118 Å². The zero-order chi connectivity index (χ0) is 14.0. The lowest BCUT2D eigenvalue weighted by atomic mass is 9.78. The van der Waals surface area contributed by atoms with Crippen LogP contribution in [0.3, 0.4) is 0 Å². The molecule has 1 unspecified atom stereocenters. The van der Waals surface area contributed by atoms with Gasteiger partial charge in [-0.1, -0.05) is 0 Å². The van der Waals surface area contributed by atoms with Crippen molar-refractivity contribution >= 4 is 11.5 Å². The van der Waals surface area contributed by atoms with E-state index in [9.17, 15) is 4.79 Å². The Kier molecular flexibility index (Phi) is 3.72. The Morgan fingerprint density at radius 2 is 2.15 bits per heavy atom. The molecule has 5 nitrogen and oxygen atoms in total. The van der Waals surface area contributed by atoms with Crippen LogP contribution in [0.5, 0.6) is 0 Å². The highest BCUT2D eigenvalue weighted by atomic mass is 16.5. The molecule has 0 aromatic carbocycles. The Balaban J connectivity index is 1.77. The fourth-order valence-electron chi connectivity index (χ4n) is 3.16. The SMILES string of the molecule is Nc1cccnc1C(=O)C1CCOC2(CCOCC2)C1. The molecule has 2 N–H and O–H groups in total. The summed E-state index contributed by atoms with van der Waals surface area (Å²) in [6.45, 7) is 2.06. The molecule has 3 heterocycles. The van der Waals surface area contributed by atoms with Gasteiger partial charge >= 0.3 is 0 Å². The molecule has 5 heteroatoms. The van der Waals surface area contributed by atoms with Crippen molar-refractivity contribution in [2.24, 2.45) is 5.92 Å². The van der Waals surface area contributed by atoms with E-state index in [0.717, 1.165) is 25.7 Å². The van der Waals surface area contributed by atoms with Crippen LogP contribution in [-0.4, -0.2) is 36.2 Å². The summed E-state index contributed by atoms with van der Waals surface area (Å²) < 4.78 is 11.4. The number of anilines is 1. The van der Waals surface area contributed by atoms with E-state index in [1.165, 1.54) is 0 Å². The van der Waals surface area contributed by atoms with Crippen molar-refractivity contribution in [3.63, 3.8) is 0 Å². The fraction of sp³-hybridized carbons (Fsp3) is 0.600. The van der Waals surface area contributed by atoms with Gasteiger partial charge in [-0.05, 0) is 37.8 Å². The summed E-state index contributed by atoms with van der Waals surface area (Å²) in [6, 6.07) is 3.47. The third-order valence-corrected chi connectivity index (χ3v) is 4.34. The lowest BCUT2D eigenvalue weighted by Gasteiger charge is -2.42. The molecule has 20 heavy (non-hydrogen) atoms. The molecule has 0 aliphatic carbocycles. The summed E-state index contributed by atoms with van der Waals surface area (Å²) in [4.78, 5) is 16.8. The summed E-state index contributed by atoms with van der Waals surface area (Å²) in [6.07, 6.45) is 4.86. The minimum absolute atomic E-state index is 0.0425. The number of aromatic nitrogens is 1. The number of rotatable bonds is 2. The van der Waals surface area contributed by atoms with Crippen LogP contribution in [0.15, 0.2) is 18.3 Å². The van der Waals surface area contributed by atoms with E-state index in [1.807, 2.05) is 0 Å². The molecule has 0 amide bonds. The van der Waals surface area contributed by atoms with Gasteiger partial charge in [-0.25, -0.2) is 0 Å². The average molecular weight is 276 g/mol. The van der Waals surface area contributed by atoms with Gasteiger partial charge in [0.25, 0.3) is 0 Å². The van der Waals surface area contributed by atoms with Crippen molar-refractivity contribution in [3.8, 4) is 0 Å². The second kappa shape index (κ2) is 5.50.